The third kappa shape index (κ3) is 6.88. The lowest BCUT2D eigenvalue weighted by Gasteiger charge is -2.49. The summed E-state index contributed by atoms with van der Waals surface area (Å²) in [7, 11) is 0. The summed E-state index contributed by atoms with van der Waals surface area (Å²) >= 11 is 0. The zero-order valence-corrected chi connectivity index (χ0v) is 24.5. The quantitative estimate of drug-likeness (QED) is 0.181. The number of nitrogens with zero attached hydrogens (tertiary/aromatic N) is 2. The Morgan fingerprint density at radius 2 is 0.841 bits per heavy atom. The molecule has 4 aromatic carbocycles. The molecule has 0 bridgehead atoms. The predicted molar refractivity (Wildman–Crippen MR) is 172 cm³/mol. The van der Waals surface area contributed by atoms with Crippen LogP contribution in [0.3, 0.4) is 0 Å². The molecule has 0 saturated carbocycles. The summed E-state index contributed by atoms with van der Waals surface area (Å²) in [4.78, 5) is 30.3. The molecule has 2 amide bonds. The van der Waals surface area contributed by atoms with E-state index in [0.29, 0.717) is 26.3 Å². The van der Waals surface area contributed by atoms with Crippen molar-refractivity contribution in [3.05, 3.63) is 156 Å². The van der Waals surface area contributed by atoms with Gasteiger partial charge in [-0.2, -0.15) is 0 Å². The van der Waals surface area contributed by atoms with Gasteiger partial charge in [0.05, 0.1) is 25.3 Å². The molecule has 2 saturated heterocycles. The highest BCUT2D eigenvalue weighted by molar-refractivity contribution is 5.91. The lowest BCUT2D eigenvalue weighted by Crippen LogP contribution is -2.69. The smallest absolute Gasteiger partial charge is 0.254 e. The van der Waals surface area contributed by atoms with E-state index in [9.17, 15) is 9.59 Å². The van der Waals surface area contributed by atoms with Crippen LogP contribution < -0.4 is 0 Å². The number of ether oxygens (including phenoxy) is 2. The van der Waals surface area contributed by atoms with E-state index in [0.717, 1.165) is 22.3 Å². The highest BCUT2D eigenvalue weighted by atomic mass is 16.5. The highest BCUT2D eigenvalue weighted by Crippen LogP contribution is 2.30. The predicted octanol–water partition coefficient (Wildman–Crippen LogP) is 6.01. The topological polar surface area (TPSA) is 59.1 Å². The Hall–Kier alpha value is -4.78. The number of benzene rings is 4. The molecule has 0 radical (unpaired) electrons. The maximum absolute atomic E-state index is 13.3. The first-order chi connectivity index (χ1) is 21.7. The summed E-state index contributed by atoms with van der Waals surface area (Å²) in [5, 5.41) is 0. The summed E-state index contributed by atoms with van der Waals surface area (Å²) in [6.45, 7) is 1.53. The van der Waals surface area contributed by atoms with E-state index < -0.39 is 12.2 Å². The van der Waals surface area contributed by atoms with Gasteiger partial charge in [-0.1, -0.05) is 146 Å². The van der Waals surface area contributed by atoms with Crippen LogP contribution >= 0.6 is 0 Å². The fourth-order valence-corrected chi connectivity index (χ4v) is 5.63. The molecule has 0 aliphatic carbocycles. The van der Waals surface area contributed by atoms with Gasteiger partial charge in [-0.25, -0.2) is 0 Å². The number of carbonyl (C=O) groups is 2. The van der Waals surface area contributed by atoms with Gasteiger partial charge in [-0.3, -0.25) is 9.59 Å². The number of hydrogen-bond donors (Lipinski definition) is 0. The Morgan fingerprint density at radius 1 is 0.500 bits per heavy atom. The van der Waals surface area contributed by atoms with Crippen molar-refractivity contribution in [3.8, 4) is 0 Å². The largest absolute Gasteiger partial charge is 0.361 e. The average Bonchev–Trinajstić information content (AvgIpc) is 3.08. The summed E-state index contributed by atoms with van der Waals surface area (Å²) in [5.74, 6) is -0.130. The molecule has 2 aliphatic heterocycles. The van der Waals surface area contributed by atoms with Gasteiger partial charge >= 0.3 is 0 Å². The van der Waals surface area contributed by atoms with Crippen molar-refractivity contribution in [1.29, 1.82) is 0 Å². The minimum Gasteiger partial charge on any atom is -0.361 e. The molecular weight excluding hydrogens is 548 g/mol. The average molecular weight is 585 g/mol. The van der Waals surface area contributed by atoms with Crippen LogP contribution in [0.25, 0.3) is 12.2 Å². The van der Waals surface area contributed by atoms with Crippen molar-refractivity contribution in [1.82, 2.24) is 9.80 Å². The van der Waals surface area contributed by atoms with E-state index in [1.165, 1.54) is 0 Å². The molecule has 6 rings (SSSR count). The van der Waals surface area contributed by atoms with Crippen LogP contribution in [-0.2, 0) is 32.3 Å². The Balaban J connectivity index is 1.14. The minimum absolute atomic E-state index is 0.0649. The lowest BCUT2D eigenvalue weighted by atomic mass is 9.94. The molecule has 2 fully saturated rings. The van der Waals surface area contributed by atoms with Gasteiger partial charge in [0.25, 0.3) is 11.8 Å². The maximum atomic E-state index is 13.3. The minimum atomic E-state index is -0.571. The molecule has 2 aliphatic rings. The SMILES string of the molecule is O=C1[C@@H](OCc2ccccc2)[C@@H](/C=C/c2ccccc2)N1CCN1C(=O)[C@@H](OCc2ccccc2)[C@H]1/C=C/c1ccccc1. The summed E-state index contributed by atoms with van der Waals surface area (Å²) in [5.41, 5.74) is 4.14. The Bertz CT molecular complexity index is 1450. The van der Waals surface area contributed by atoms with E-state index in [1.54, 1.807) is 9.80 Å². The molecule has 4 atom stereocenters. The monoisotopic (exact) mass is 584 g/mol. The molecule has 222 valence electrons. The van der Waals surface area contributed by atoms with Crippen molar-refractivity contribution >= 4 is 24.0 Å². The van der Waals surface area contributed by atoms with Gasteiger partial charge in [0, 0.05) is 13.1 Å². The van der Waals surface area contributed by atoms with Crippen LogP contribution in [-0.4, -0.2) is 59.0 Å². The zero-order chi connectivity index (χ0) is 30.1. The van der Waals surface area contributed by atoms with Crippen molar-refractivity contribution in [2.24, 2.45) is 0 Å². The van der Waals surface area contributed by atoms with E-state index in [-0.39, 0.29) is 23.9 Å². The first-order valence-electron chi connectivity index (χ1n) is 15.1. The normalized spacial score (nSPS) is 21.5. The number of rotatable bonds is 13. The number of β-lactam (4-membered cyclic amide) rings is 2. The number of hydrogen-bond acceptors (Lipinski definition) is 4. The van der Waals surface area contributed by atoms with Crippen LogP contribution in [0.2, 0.25) is 0 Å². The molecule has 6 heteroatoms. The summed E-state index contributed by atoms with van der Waals surface area (Å²) < 4.78 is 12.2. The fourth-order valence-electron chi connectivity index (χ4n) is 5.63. The van der Waals surface area contributed by atoms with Gasteiger partial charge in [0.2, 0.25) is 0 Å². The van der Waals surface area contributed by atoms with Crippen molar-refractivity contribution < 1.29 is 19.1 Å². The molecule has 0 aromatic heterocycles. The summed E-state index contributed by atoms with van der Waals surface area (Å²) in [6, 6.07) is 39.3. The lowest BCUT2D eigenvalue weighted by molar-refractivity contribution is -0.178. The Labute approximate surface area is 258 Å². The summed E-state index contributed by atoms with van der Waals surface area (Å²) in [6.07, 6.45) is 6.97. The molecule has 0 unspecified atom stereocenters. The number of carbonyl (C=O) groups excluding carboxylic acids is 2. The second-order valence-corrected chi connectivity index (χ2v) is 11.0. The van der Waals surface area contributed by atoms with E-state index in [4.69, 9.17) is 9.47 Å². The van der Waals surface area contributed by atoms with Gasteiger partial charge in [-0.05, 0) is 22.3 Å². The fraction of sp³-hybridized carbons (Fsp3) is 0.211. The zero-order valence-electron chi connectivity index (χ0n) is 24.5. The number of likely N-dealkylation sites (tertiary alicyclic amines) is 2. The molecular formula is C38H36N2O4. The van der Waals surface area contributed by atoms with E-state index in [1.807, 2.05) is 146 Å². The van der Waals surface area contributed by atoms with Crippen LogP contribution in [0.4, 0.5) is 0 Å². The van der Waals surface area contributed by atoms with Gasteiger partial charge in [0.1, 0.15) is 0 Å². The third-order valence-corrected chi connectivity index (χ3v) is 8.09. The van der Waals surface area contributed by atoms with Crippen molar-refractivity contribution in [3.63, 3.8) is 0 Å². The van der Waals surface area contributed by atoms with Crippen LogP contribution in [0.5, 0.6) is 0 Å². The van der Waals surface area contributed by atoms with E-state index in [2.05, 4.69) is 0 Å². The number of amides is 2. The van der Waals surface area contributed by atoms with E-state index >= 15 is 0 Å². The first-order valence-corrected chi connectivity index (χ1v) is 15.1. The van der Waals surface area contributed by atoms with Crippen molar-refractivity contribution in [2.75, 3.05) is 13.1 Å². The molecule has 6 nitrogen and oxygen atoms in total. The molecule has 0 spiro atoms. The van der Waals surface area contributed by atoms with Gasteiger partial charge in [-0.15, -0.1) is 0 Å². The van der Waals surface area contributed by atoms with Crippen LogP contribution in [0, 0.1) is 0 Å². The molecule has 0 N–H and O–H groups in total. The second-order valence-electron chi connectivity index (χ2n) is 11.0. The molecule has 2 heterocycles. The van der Waals surface area contributed by atoms with Crippen molar-refractivity contribution in [2.45, 2.75) is 37.5 Å². The van der Waals surface area contributed by atoms with Crippen LogP contribution in [0.1, 0.15) is 22.3 Å². The molecule has 44 heavy (non-hydrogen) atoms. The molecule has 4 aromatic rings. The third-order valence-electron chi connectivity index (χ3n) is 8.09. The van der Waals surface area contributed by atoms with Gasteiger partial charge < -0.3 is 19.3 Å². The Kier molecular flexibility index (Phi) is 9.41. The van der Waals surface area contributed by atoms with Gasteiger partial charge in [0.15, 0.2) is 12.2 Å². The standard InChI is InChI=1S/C38H36N2O4/c41-37-35(43-27-31-17-9-3-10-18-31)33(23-21-29-13-5-1-6-14-29)39(37)25-26-40-34(24-22-30-15-7-2-8-16-30)36(38(40)42)44-28-32-19-11-4-12-20-32/h1-24,33-36H,25-28H2/b23-21+,24-22+/t33-,34-,35+,36+/m1/s1. The van der Waals surface area contributed by atoms with Crippen LogP contribution in [0.15, 0.2) is 133 Å². The highest BCUT2D eigenvalue weighted by Gasteiger charge is 2.50. The Morgan fingerprint density at radius 3 is 1.20 bits per heavy atom. The maximum Gasteiger partial charge on any atom is 0.254 e. The second kappa shape index (κ2) is 14.1. The first kappa shape index (κ1) is 29.3.